The number of benzene rings is 9. The summed E-state index contributed by atoms with van der Waals surface area (Å²) in [7, 11) is 8.95. The Morgan fingerprint density at radius 1 is 0.351 bits per heavy atom. The maximum absolute atomic E-state index is 10.1. The van der Waals surface area contributed by atoms with Crippen molar-refractivity contribution in [1.82, 2.24) is 0 Å². The molecule has 482 valence electrons. The number of hydrogen-bond donors (Lipinski definition) is 1. The fourth-order valence-electron chi connectivity index (χ4n) is 14.4. The van der Waals surface area contributed by atoms with Crippen LogP contribution in [0.3, 0.4) is 0 Å². The molecule has 2 aliphatic rings. The van der Waals surface area contributed by atoms with E-state index < -0.39 is 0 Å². The average Bonchev–Trinajstić information content (AvgIpc) is 1.67. The number of methoxy groups -OCH3 is 4. The highest BCUT2D eigenvalue weighted by atomic mass is 16.7. The third-order valence-electron chi connectivity index (χ3n) is 19.9. The van der Waals surface area contributed by atoms with Gasteiger partial charge in [-0.1, -0.05) is 30.3 Å². The Hall–Kier alpha value is -11.4. The molecular formula is C84H76N4O9+4. The second kappa shape index (κ2) is 24.1. The largest absolute Gasteiger partial charge is 0.508 e. The molecular weight excluding hydrogens is 1210 g/mol. The molecule has 9 aromatic carbocycles. The van der Waals surface area contributed by atoms with E-state index in [0.717, 1.165) is 133 Å². The smallest absolute Gasteiger partial charge is 0.381 e. The van der Waals surface area contributed by atoms with E-state index in [2.05, 4.69) is 226 Å². The van der Waals surface area contributed by atoms with Crippen molar-refractivity contribution < 1.29 is 60.8 Å². The van der Waals surface area contributed by atoms with Gasteiger partial charge in [-0.2, -0.15) is 13.4 Å². The number of aromatic nitrogens is 4. The summed E-state index contributed by atoms with van der Waals surface area (Å²) in [6.07, 6.45) is 10.5. The standard InChI is InChI=1S/C22H22NO2.C22H22NO.C20H14NO4.C20H17NO2/c1-13-8-17-11-20-18-12-21(24-4)15(3)9-16(18)6-7-23(20)22(25-5)19(17)10-14(13)2;1-13-8-18-11-21-20-12-22(24-5)15(3)9-17(20)6-7-23(21)16(4)19(18)10-14(13)2;1-21-8-15-12(4-5-16-20(15)25-10-22-16)13-3-2-11-6-17-18(24-9-23-17)7-14(11)19(13)21;1-12-4-5-14-9-18-16-10-19(22)13(2)8-15(16)6-7-21(18)11-17(14)20(12)23-3/h6-12H,1-5H3;6-12H,1-5H3;2-8H,9-10H2,1H3;4-11H,1-3H3/q3*+1;/p+1. The Balaban J connectivity index is 0.000000106. The van der Waals surface area contributed by atoms with Crippen LogP contribution in [0.2, 0.25) is 0 Å². The molecule has 9 heterocycles. The van der Waals surface area contributed by atoms with Gasteiger partial charge in [0.25, 0.3) is 0 Å². The van der Waals surface area contributed by atoms with E-state index in [1.807, 2.05) is 38.1 Å². The summed E-state index contributed by atoms with van der Waals surface area (Å²) in [6, 6.07) is 51.3. The molecule has 0 atom stereocenters. The lowest BCUT2D eigenvalue weighted by Crippen LogP contribution is -2.28. The summed E-state index contributed by atoms with van der Waals surface area (Å²) in [5.74, 6) is 7.15. The summed E-state index contributed by atoms with van der Waals surface area (Å²) in [5, 5.41) is 29.9. The lowest BCUT2D eigenvalue weighted by Gasteiger charge is -2.10. The second-order valence-electron chi connectivity index (χ2n) is 25.8. The van der Waals surface area contributed by atoms with Crippen LogP contribution in [0.5, 0.6) is 51.9 Å². The molecule has 0 radical (unpaired) electrons. The highest BCUT2D eigenvalue weighted by molar-refractivity contribution is 6.15. The van der Waals surface area contributed by atoms with Crippen LogP contribution >= 0.6 is 0 Å². The Morgan fingerprint density at radius 2 is 0.876 bits per heavy atom. The number of phenolic OH excluding ortho intramolecular Hbond substituents is 1. The van der Waals surface area contributed by atoms with Gasteiger partial charge in [0, 0.05) is 54.1 Å². The molecule has 0 aliphatic carbocycles. The maximum Gasteiger partial charge on any atom is 0.381 e. The topological polar surface area (TPSA) is 110 Å². The van der Waals surface area contributed by atoms with Crippen molar-refractivity contribution in [3.05, 3.63) is 227 Å². The molecule has 0 fully saturated rings. The highest BCUT2D eigenvalue weighted by Crippen LogP contribution is 2.44. The summed E-state index contributed by atoms with van der Waals surface area (Å²) in [6.45, 7) is 19.5. The fourth-order valence-corrected chi connectivity index (χ4v) is 14.4. The molecule has 0 amide bonds. The minimum atomic E-state index is 0.275. The van der Waals surface area contributed by atoms with Crippen molar-refractivity contribution in [3.63, 3.8) is 0 Å². The zero-order chi connectivity index (χ0) is 67.4. The van der Waals surface area contributed by atoms with Gasteiger partial charge in [0.15, 0.2) is 59.7 Å². The second-order valence-corrected chi connectivity index (χ2v) is 25.8. The molecule has 16 aromatic rings. The fraction of sp³-hybridized carbons (Fsp3) is 0.190. The summed E-state index contributed by atoms with van der Waals surface area (Å²) in [4.78, 5) is 0. The molecule has 0 saturated carbocycles. The van der Waals surface area contributed by atoms with Crippen LogP contribution in [0.25, 0.3) is 114 Å². The van der Waals surface area contributed by atoms with Crippen LogP contribution in [-0.4, -0.2) is 47.1 Å². The van der Waals surface area contributed by atoms with Gasteiger partial charge in [0.2, 0.25) is 35.7 Å². The minimum Gasteiger partial charge on any atom is -0.508 e. The van der Waals surface area contributed by atoms with Crippen molar-refractivity contribution in [3.8, 4) is 51.9 Å². The van der Waals surface area contributed by atoms with Gasteiger partial charge in [-0.25, -0.2) is 0 Å². The molecule has 97 heavy (non-hydrogen) atoms. The van der Waals surface area contributed by atoms with Gasteiger partial charge in [-0.05, 0) is 216 Å². The van der Waals surface area contributed by atoms with Crippen molar-refractivity contribution in [2.75, 3.05) is 42.0 Å². The summed E-state index contributed by atoms with van der Waals surface area (Å²) < 4.78 is 53.4. The Labute approximate surface area is 561 Å². The monoisotopic (exact) mass is 1280 g/mol. The van der Waals surface area contributed by atoms with E-state index in [-0.39, 0.29) is 13.6 Å². The number of aryl methyl sites for hydroxylation is 10. The van der Waals surface area contributed by atoms with Crippen molar-refractivity contribution in [2.45, 2.75) is 62.3 Å². The van der Waals surface area contributed by atoms with E-state index in [0.29, 0.717) is 5.75 Å². The molecule has 0 spiro atoms. The highest BCUT2D eigenvalue weighted by Gasteiger charge is 2.26. The van der Waals surface area contributed by atoms with E-state index in [4.69, 9.17) is 37.9 Å². The quantitative estimate of drug-likeness (QED) is 0.105. The average molecular weight is 1290 g/mol. The SMILES string of the molecule is COc1c(C)ccc2cc3c4cc(O)c(C)cc4cc[n+]3cc12.COc1cc2c(cc[n+]3c(C)c4cc(C)c(C)cc4cc23)cc1C.COc1cc2c(cc[n+]3c(OC)c4cc(C)c(C)cc4cc23)cc1C.C[n+]1cc2c3c(ccc2c2ccc4cc5c(cc4c21)OCO5)OCO3. The van der Waals surface area contributed by atoms with Crippen molar-refractivity contribution >= 4 is 114 Å². The minimum absolute atomic E-state index is 0.275. The summed E-state index contributed by atoms with van der Waals surface area (Å²) >= 11 is 0. The van der Waals surface area contributed by atoms with Gasteiger partial charge in [0.05, 0.1) is 71.5 Å². The first kappa shape index (κ1) is 61.7. The van der Waals surface area contributed by atoms with Crippen LogP contribution in [0, 0.1) is 62.3 Å². The third kappa shape index (κ3) is 10.5. The lowest BCUT2D eigenvalue weighted by atomic mass is 9.99. The van der Waals surface area contributed by atoms with Gasteiger partial charge in [-0.15, -0.1) is 4.40 Å². The van der Waals surface area contributed by atoms with E-state index in [1.165, 1.54) is 76.7 Å². The molecule has 0 unspecified atom stereocenters. The number of rotatable bonds is 4. The Morgan fingerprint density at radius 3 is 1.55 bits per heavy atom. The van der Waals surface area contributed by atoms with Crippen LogP contribution in [0.15, 0.2) is 177 Å². The number of fused-ring (bicyclic) bond motifs is 20. The first-order chi connectivity index (χ1) is 46.9. The van der Waals surface area contributed by atoms with Crippen molar-refractivity contribution in [1.29, 1.82) is 0 Å². The summed E-state index contributed by atoms with van der Waals surface area (Å²) in [5.41, 5.74) is 15.4. The lowest BCUT2D eigenvalue weighted by molar-refractivity contribution is -0.642. The number of hydrogen-bond acceptors (Lipinski definition) is 9. The molecule has 0 bridgehead atoms. The van der Waals surface area contributed by atoms with Gasteiger partial charge in [0.1, 0.15) is 30.0 Å². The molecule has 13 heteroatoms. The van der Waals surface area contributed by atoms with Crippen molar-refractivity contribution in [2.24, 2.45) is 7.05 Å². The Bertz CT molecular complexity index is 6050. The van der Waals surface area contributed by atoms with E-state index in [9.17, 15) is 5.11 Å². The van der Waals surface area contributed by atoms with Crippen LogP contribution in [0.1, 0.15) is 50.2 Å². The number of nitrogens with zero attached hydrogens (tertiary/aromatic N) is 4. The predicted octanol–water partition coefficient (Wildman–Crippen LogP) is 17.1. The molecule has 0 saturated heterocycles. The zero-order valence-electron chi connectivity index (χ0n) is 57.2. The maximum atomic E-state index is 10.1. The molecule has 7 aromatic heterocycles. The Kier molecular flexibility index (Phi) is 15.3. The number of ether oxygens (including phenoxy) is 8. The van der Waals surface area contributed by atoms with Gasteiger partial charge >= 0.3 is 5.88 Å². The molecule has 2 aliphatic heterocycles. The van der Waals surface area contributed by atoms with E-state index in [1.54, 1.807) is 28.4 Å². The third-order valence-corrected chi connectivity index (χ3v) is 19.9. The van der Waals surface area contributed by atoms with Crippen LogP contribution in [-0.2, 0) is 7.05 Å². The predicted molar refractivity (Wildman–Crippen MR) is 387 cm³/mol. The number of phenols is 1. The van der Waals surface area contributed by atoms with Crippen LogP contribution < -0.4 is 55.7 Å². The van der Waals surface area contributed by atoms with Gasteiger partial charge < -0.3 is 43.0 Å². The molecule has 18 rings (SSSR count). The van der Waals surface area contributed by atoms with Gasteiger partial charge in [-0.3, -0.25) is 0 Å². The molecule has 1 N–H and O–H groups in total. The normalized spacial score (nSPS) is 12.3. The van der Waals surface area contributed by atoms with E-state index >= 15 is 0 Å². The first-order valence-corrected chi connectivity index (χ1v) is 32.6. The molecule has 13 nitrogen and oxygen atoms in total. The number of aromatic hydroxyl groups is 1. The first-order valence-electron chi connectivity index (χ1n) is 32.6. The van der Waals surface area contributed by atoms with Crippen LogP contribution in [0.4, 0.5) is 0 Å². The zero-order valence-corrected chi connectivity index (χ0v) is 57.2. The number of pyridine rings is 7.